The number of carbonyl (C=O) groups is 2. The van der Waals surface area contributed by atoms with Gasteiger partial charge >= 0.3 is 0 Å². The van der Waals surface area contributed by atoms with Crippen molar-refractivity contribution in [2.24, 2.45) is 0 Å². The molecule has 0 radical (unpaired) electrons. The molecule has 190 valence electrons. The van der Waals surface area contributed by atoms with Crippen LogP contribution in [0.4, 0.5) is 5.69 Å². The number of amides is 2. The third-order valence-corrected chi connectivity index (χ3v) is 8.13. The molecule has 3 rings (SSSR count). The molecule has 0 fully saturated rings. The number of nitrogens with zero attached hydrogens (tertiary/aromatic N) is 2. The quantitative estimate of drug-likeness (QED) is 0.393. The number of anilines is 1. The maximum absolute atomic E-state index is 13.7. The molecule has 11 heteroatoms. The van der Waals surface area contributed by atoms with Gasteiger partial charge < -0.3 is 10.2 Å². The number of rotatable bonds is 9. The van der Waals surface area contributed by atoms with Crippen molar-refractivity contribution in [3.63, 3.8) is 0 Å². The summed E-state index contributed by atoms with van der Waals surface area (Å²) in [5.41, 5.74) is 0.800. The molecule has 0 bridgehead atoms. The van der Waals surface area contributed by atoms with E-state index in [0.717, 1.165) is 4.31 Å². The van der Waals surface area contributed by atoms with Crippen molar-refractivity contribution in [3.05, 3.63) is 93.4 Å². The fourth-order valence-corrected chi connectivity index (χ4v) is 5.41. The Balaban J connectivity index is 2.05. The van der Waals surface area contributed by atoms with Crippen LogP contribution in [0.25, 0.3) is 0 Å². The summed E-state index contributed by atoms with van der Waals surface area (Å²) in [6.45, 7) is 0.972. The van der Waals surface area contributed by atoms with Crippen LogP contribution in [-0.4, -0.2) is 44.8 Å². The van der Waals surface area contributed by atoms with E-state index in [1.807, 2.05) is 0 Å². The van der Waals surface area contributed by atoms with Crippen LogP contribution in [0.15, 0.2) is 77.7 Å². The normalized spacial score (nSPS) is 12.0. The first kappa shape index (κ1) is 27.8. The number of halogens is 3. The predicted molar refractivity (Wildman–Crippen MR) is 143 cm³/mol. The van der Waals surface area contributed by atoms with Crippen LogP contribution in [-0.2, 0) is 26.2 Å². The number of benzene rings is 3. The number of nitrogens with one attached hydrogen (secondary N) is 1. The molecular formula is C25H24Cl3N3O4S. The lowest BCUT2D eigenvalue weighted by molar-refractivity contribution is -0.139. The molecule has 0 heterocycles. The minimum Gasteiger partial charge on any atom is -0.357 e. The third kappa shape index (κ3) is 6.50. The molecule has 0 saturated heterocycles. The van der Waals surface area contributed by atoms with Gasteiger partial charge in [0, 0.05) is 28.7 Å². The van der Waals surface area contributed by atoms with Gasteiger partial charge in [0.25, 0.3) is 10.0 Å². The van der Waals surface area contributed by atoms with Gasteiger partial charge in [-0.05, 0) is 61.0 Å². The van der Waals surface area contributed by atoms with Crippen molar-refractivity contribution >= 4 is 62.3 Å². The lowest BCUT2D eigenvalue weighted by Gasteiger charge is -2.32. The van der Waals surface area contributed by atoms with Crippen LogP contribution in [0.5, 0.6) is 0 Å². The van der Waals surface area contributed by atoms with Crippen molar-refractivity contribution in [2.45, 2.75) is 24.4 Å². The van der Waals surface area contributed by atoms with E-state index in [2.05, 4.69) is 5.32 Å². The fourth-order valence-electron chi connectivity index (χ4n) is 3.50. The van der Waals surface area contributed by atoms with Crippen LogP contribution in [0.3, 0.4) is 0 Å². The topological polar surface area (TPSA) is 86.8 Å². The van der Waals surface area contributed by atoms with E-state index in [0.29, 0.717) is 20.6 Å². The minimum atomic E-state index is -4.21. The van der Waals surface area contributed by atoms with Crippen LogP contribution >= 0.6 is 34.8 Å². The van der Waals surface area contributed by atoms with Gasteiger partial charge in [-0.15, -0.1) is 0 Å². The highest BCUT2D eigenvalue weighted by atomic mass is 35.5. The number of hydrogen-bond donors (Lipinski definition) is 1. The third-order valence-electron chi connectivity index (χ3n) is 5.49. The Kier molecular flexibility index (Phi) is 9.24. The van der Waals surface area contributed by atoms with Gasteiger partial charge in [0.15, 0.2) is 0 Å². The van der Waals surface area contributed by atoms with E-state index in [-0.39, 0.29) is 17.1 Å². The van der Waals surface area contributed by atoms with Gasteiger partial charge in [0.1, 0.15) is 12.6 Å². The average Bonchev–Trinajstić information content (AvgIpc) is 2.85. The second kappa shape index (κ2) is 12.0. The van der Waals surface area contributed by atoms with E-state index in [9.17, 15) is 18.0 Å². The zero-order valence-electron chi connectivity index (χ0n) is 19.5. The molecular weight excluding hydrogens is 545 g/mol. The summed E-state index contributed by atoms with van der Waals surface area (Å²) >= 11 is 18.4. The van der Waals surface area contributed by atoms with E-state index < -0.39 is 34.4 Å². The lowest BCUT2D eigenvalue weighted by atomic mass is 10.1. The van der Waals surface area contributed by atoms with E-state index in [1.165, 1.54) is 48.3 Å². The maximum Gasteiger partial charge on any atom is 0.264 e. The van der Waals surface area contributed by atoms with Crippen molar-refractivity contribution in [3.8, 4) is 0 Å². The Morgan fingerprint density at radius 3 is 2.19 bits per heavy atom. The van der Waals surface area contributed by atoms with E-state index >= 15 is 0 Å². The molecule has 0 aliphatic heterocycles. The number of likely N-dealkylation sites (N-methyl/N-ethyl adjacent to an activating group) is 1. The Morgan fingerprint density at radius 1 is 0.917 bits per heavy atom. The number of carbonyl (C=O) groups excluding carboxylic acids is 2. The monoisotopic (exact) mass is 567 g/mol. The molecule has 36 heavy (non-hydrogen) atoms. The molecule has 0 saturated carbocycles. The zero-order valence-corrected chi connectivity index (χ0v) is 22.6. The highest BCUT2D eigenvalue weighted by molar-refractivity contribution is 7.92. The molecule has 2 amide bonds. The summed E-state index contributed by atoms with van der Waals surface area (Å²) in [5, 5.41) is 3.60. The van der Waals surface area contributed by atoms with Crippen LogP contribution in [0.1, 0.15) is 12.5 Å². The Bertz CT molecular complexity index is 1350. The molecule has 0 unspecified atom stereocenters. The Labute approximate surface area is 225 Å². The zero-order chi connectivity index (χ0) is 26.5. The van der Waals surface area contributed by atoms with Gasteiger partial charge in [0.2, 0.25) is 11.8 Å². The van der Waals surface area contributed by atoms with Gasteiger partial charge in [-0.3, -0.25) is 13.9 Å². The van der Waals surface area contributed by atoms with Crippen molar-refractivity contribution in [2.75, 3.05) is 17.9 Å². The molecule has 1 N–H and O–H groups in total. The lowest BCUT2D eigenvalue weighted by Crippen LogP contribution is -2.50. The SMILES string of the molecule is CNC(=O)[C@@H](C)N(Cc1ccccc1Cl)C(=O)CN(c1cccc(Cl)c1)S(=O)(=O)c1ccc(Cl)cc1. The largest absolute Gasteiger partial charge is 0.357 e. The summed E-state index contributed by atoms with van der Waals surface area (Å²) in [4.78, 5) is 27.4. The Morgan fingerprint density at radius 2 is 1.58 bits per heavy atom. The number of sulfonamides is 1. The van der Waals surface area contributed by atoms with Gasteiger partial charge in [-0.2, -0.15) is 0 Å². The Hall–Kier alpha value is -2.78. The van der Waals surface area contributed by atoms with Crippen molar-refractivity contribution in [1.82, 2.24) is 10.2 Å². The molecule has 0 spiro atoms. The molecule has 0 aromatic heterocycles. The van der Waals surface area contributed by atoms with Gasteiger partial charge in [-0.25, -0.2) is 8.42 Å². The standard InChI is InChI=1S/C25H24Cl3N3O4S/c1-17(25(33)29-2)30(15-18-6-3-4-9-23(18)28)24(32)16-31(21-8-5-7-20(27)14-21)36(34,35)22-12-10-19(26)11-13-22/h3-14,17H,15-16H2,1-2H3,(H,29,33)/t17-/m1/s1. The summed E-state index contributed by atoms with van der Waals surface area (Å²) in [5.74, 6) is -1.02. The van der Waals surface area contributed by atoms with Crippen molar-refractivity contribution in [1.29, 1.82) is 0 Å². The van der Waals surface area contributed by atoms with E-state index in [1.54, 1.807) is 43.3 Å². The first-order chi connectivity index (χ1) is 17.0. The fraction of sp³-hybridized carbons (Fsp3) is 0.200. The van der Waals surface area contributed by atoms with Gasteiger partial charge in [-0.1, -0.05) is 59.1 Å². The molecule has 3 aromatic rings. The van der Waals surface area contributed by atoms with Crippen molar-refractivity contribution < 1.29 is 18.0 Å². The number of hydrogen-bond acceptors (Lipinski definition) is 4. The van der Waals surface area contributed by atoms with Gasteiger partial charge in [0.05, 0.1) is 10.6 Å². The van der Waals surface area contributed by atoms with Crippen LogP contribution in [0.2, 0.25) is 15.1 Å². The first-order valence-corrected chi connectivity index (χ1v) is 13.4. The van der Waals surface area contributed by atoms with Crippen LogP contribution < -0.4 is 9.62 Å². The smallest absolute Gasteiger partial charge is 0.264 e. The molecule has 0 aliphatic rings. The highest BCUT2D eigenvalue weighted by Crippen LogP contribution is 2.28. The summed E-state index contributed by atoms with van der Waals surface area (Å²) in [6.07, 6.45) is 0. The second-order valence-electron chi connectivity index (χ2n) is 7.85. The predicted octanol–water partition coefficient (Wildman–Crippen LogP) is 5.01. The van der Waals surface area contributed by atoms with Crippen LogP contribution in [0, 0.1) is 0 Å². The minimum absolute atomic E-state index is 0.00251. The summed E-state index contributed by atoms with van der Waals surface area (Å²) in [6, 6.07) is 17.8. The molecule has 1 atom stereocenters. The molecule has 3 aromatic carbocycles. The maximum atomic E-state index is 13.7. The average molecular weight is 569 g/mol. The second-order valence-corrected chi connectivity index (χ2v) is 11.0. The highest BCUT2D eigenvalue weighted by Gasteiger charge is 2.32. The molecule has 0 aliphatic carbocycles. The summed E-state index contributed by atoms with van der Waals surface area (Å²) < 4.78 is 28.3. The first-order valence-electron chi connectivity index (χ1n) is 10.8. The summed E-state index contributed by atoms with van der Waals surface area (Å²) in [7, 11) is -2.75. The molecule has 7 nitrogen and oxygen atoms in total. The van der Waals surface area contributed by atoms with E-state index in [4.69, 9.17) is 34.8 Å².